The Balaban J connectivity index is 1.17. The first-order valence-corrected chi connectivity index (χ1v) is 17.9. The third-order valence-electron chi connectivity index (χ3n) is 8.48. The number of nitrogens with zero attached hydrogens (tertiary/aromatic N) is 4. The molecule has 1 aliphatic rings. The molecule has 2 aromatic heterocycles. The van der Waals surface area contributed by atoms with Crippen molar-refractivity contribution < 1.29 is 23.9 Å². The minimum Gasteiger partial charge on any atom is -0.458 e. The molecule has 0 spiro atoms. The van der Waals surface area contributed by atoms with Crippen molar-refractivity contribution in [1.29, 1.82) is 0 Å². The molecule has 0 radical (unpaired) electrons. The van der Waals surface area contributed by atoms with E-state index in [1.165, 1.54) is 0 Å². The highest BCUT2D eigenvalue weighted by Crippen LogP contribution is 2.40. The molecule has 3 aromatic carbocycles. The molecule has 0 saturated heterocycles. The van der Waals surface area contributed by atoms with Crippen LogP contribution in [0.5, 0.6) is 0 Å². The van der Waals surface area contributed by atoms with Gasteiger partial charge in [-0.2, -0.15) is 0 Å². The van der Waals surface area contributed by atoms with Gasteiger partial charge in [-0.15, -0.1) is 21.5 Å². The van der Waals surface area contributed by atoms with Crippen molar-refractivity contribution in [3.63, 3.8) is 0 Å². The third-order valence-corrected chi connectivity index (χ3v) is 9.92. The highest BCUT2D eigenvalue weighted by molar-refractivity contribution is 7.15. The van der Waals surface area contributed by atoms with E-state index in [0.29, 0.717) is 39.2 Å². The van der Waals surface area contributed by atoms with Crippen molar-refractivity contribution in [2.75, 3.05) is 10.6 Å². The summed E-state index contributed by atoms with van der Waals surface area (Å²) in [6.45, 7) is 13.1. The summed E-state index contributed by atoms with van der Waals surface area (Å²) >= 11 is 7.87. The fourth-order valence-corrected chi connectivity index (χ4v) is 7.16. The van der Waals surface area contributed by atoms with Crippen molar-refractivity contribution in [2.45, 2.75) is 72.6 Å². The van der Waals surface area contributed by atoms with Crippen molar-refractivity contribution in [3.8, 4) is 5.00 Å². The van der Waals surface area contributed by atoms with Crippen LogP contribution in [0.2, 0.25) is 5.02 Å². The molecular weight excluding hydrogens is 700 g/mol. The van der Waals surface area contributed by atoms with Gasteiger partial charge in [0.15, 0.2) is 5.82 Å². The van der Waals surface area contributed by atoms with Gasteiger partial charge >= 0.3 is 12.1 Å². The van der Waals surface area contributed by atoms with Gasteiger partial charge in [0, 0.05) is 26.6 Å². The summed E-state index contributed by atoms with van der Waals surface area (Å²) in [7, 11) is 0. The van der Waals surface area contributed by atoms with Gasteiger partial charge in [0.05, 0.1) is 23.5 Å². The third kappa shape index (κ3) is 7.93. The number of esters is 1. The molecule has 0 saturated carbocycles. The van der Waals surface area contributed by atoms with Crippen molar-refractivity contribution >= 4 is 58.0 Å². The minimum absolute atomic E-state index is 0.0657. The van der Waals surface area contributed by atoms with Crippen LogP contribution < -0.4 is 10.6 Å². The number of amides is 2. The van der Waals surface area contributed by atoms with Gasteiger partial charge in [-0.1, -0.05) is 48.0 Å². The van der Waals surface area contributed by atoms with Gasteiger partial charge in [-0.25, -0.2) is 4.79 Å². The second-order valence-corrected chi connectivity index (χ2v) is 15.1. The molecule has 2 N–H and O–H groups in total. The number of benzene rings is 3. The number of halogens is 1. The summed E-state index contributed by atoms with van der Waals surface area (Å²) in [6, 6.07) is 20.5. The van der Waals surface area contributed by atoms with Crippen LogP contribution >= 0.6 is 22.9 Å². The monoisotopic (exact) mass is 738 g/mol. The molecule has 0 unspecified atom stereocenters. The lowest BCUT2D eigenvalue weighted by molar-refractivity contribution is -0.149. The highest BCUT2D eigenvalue weighted by Gasteiger charge is 2.33. The zero-order chi connectivity index (χ0) is 37.3. The lowest BCUT2D eigenvalue weighted by Crippen LogP contribution is -2.27. The first-order chi connectivity index (χ1) is 24.7. The van der Waals surface area contributed by atoms with Crippen LogP contribution in [0.3, 0.4) is 0 Å². The van der Waals surface area contributed by atoms with Gasteiger partial charge in [0.25, 0.3) is 5.91 Å². The summed E-state index contributed by atoms with van der Waals surface area (Å²) in [6.07, 6.45) is -1.31. The number of ether oxygens (including phenoxy) is 2. The normalized spacial score (nSPS) is 14.3. The maximum absolute atomic E-state index is 13.5. The lowest BCUT2D eigenvalue weighted by atomic mass is 9.99. The lowest BCUT2D eigenvalue weighted by Gasteiger charge is -2.20. The number of nitrogens with one attached hydrogen (secondary N) is 2. The largest absolute Gasteiger partial charge is 0.458 e. The predicted molar refractivity (Wildman–Crippen MR) is 203 cm³/mol. The Morgan fingerprint density at radius 1 is 0.923 bits per heavy atom. The van der Waals surface area contributed by atoms with Crippen molar-refractivity contribution in [2.24, 2.45) is 4.99 Å². The van der Waals surface area contributed by atoms with E-state index in [0.717, 1.165) is 32.3 Å². The fourth-order valence-electron chi connectivity index (χ4n) is 5.82. The van der Waals surface area contributed by atoms with Gasteiger partial charge < -0.3 is 14.8 Å². The maximum atomic E-state index is 13.5. The van der Waals surface area contributed by atoms with Crippen molar-refractivity contribution in [3.05, 3.63) is 122 Å². The summed E-state index contributed by atoms with van der Waals surface area (Å²) in [5.41, 5.74) is 4.93. The van der Waals surface area contributed by atoms with E-state index >= 15 is 0 Å². The first-order valence-electron chi connectivity index (χ1n) is 16.7. The van der Waals surface area contributed by atoms with Crippen LogP contribution in [0.1, 0.15) is 95.4 Å². The average molecular weight is 739 g/mol. The number of anilines is 2. The zero-order valence-corrected chi connectivity index (χ0v) is 31.5. The second kappa shape index (κ2) is 14.7. The van der Waals surface area contributed by atoms with Crippen LogP contribution in [0.25, 0.3) is 5.00 Å². The zero-order valence-electron chi connectivity index (χ0n) is 29.9. The molecule has 2 atom stereocenters. The van der Waals surface area contributed by atoms with E-state index in [2.05, 4.69) is 34.7 Å². The molecule has 2 amide bonds. The fraction of sp³-hybridized carbons (Fsp3) is 0.282. The smallest absolute Gasteiger partial charge is 0.412 e. The minimum atomic E-state index is -0.673. The molecule has 0 bridgehead atoms. The molecule has 5 aromatic rings. The van der Waals surface area contributed by atoms with Gasteiger partial charge in [0.2, 0.25) is 0 Å². The SMILES string of the molecule is Cc1sc2c(c1C)C(c1ccc(Cl)cc1)=N[C@H](CC(=O)O[C@H](C)c1ccc(C(=O)Nc3ccccc3NC(=O)OC(C)(C)C)cc1)c1nnc(C)n1-2. The summed E-state index contributed by atoms with van der Waals surface area (Å²) in [5, 5.41) is 15.9. The Bertz CT molecular complexity index is 2180. The summed E-state index contributed by atoms with van der Waals surface area (Å²) in [4.78, 5) is 45.4. The van der Waals surface area contributed by atoms with Crippen LogP contribution in [-0.2, 0) is 14.3 Å². The van der Waals surface area contributed by atoms with Crippen LogP contribution in [0.15, 0.2) is 77.8 Å². The molecule has 1 aliphatic heterocycles. The van der Waals surface area contributed by atoms with E-state index in [4.69, 9.17) is 26.1 Å². The van der Waals surface area contributed by atoms with Crippen LogP contribution in [-0.4, -0.2) is 44.0 Å². The van der Waals surface area contributed by atoms with Crippen LogP contribution in [0.4, 0.5) is 16.2 Å². The quantitative estimate of drug-likeness (QED) is 0.152. The Morgan fingerprint density at radius 3 is 2.23 bits per heavy atom. The van der Waals surface area contributed by atoms with E-state index in [1.807, 2.05) is 35.8 Å². The average Bonchev–Trinajstić information content (AvgIpc) is 3.56. The summed E-state index contributed by atoms with van der Waals surface area (Å²) in [5.74, 6) is 0.421. The molecular formula is C39H39ClN6O5S. The van der Waals surface area contributed by atoms with Crippen molar-refractivity contribution in [1.82, 2.24) is 14.8 Å². The van der Waals surface area contributed by atoms with Gasteiger partial charge in [0.1, 0.15) is 28.6 Å². The Labute approximate surface area is 311 Å². The van der Waals surface area contributed by atoms with Crippen LogP contribution in [0, 0.1) is 20.8 Å². The number of aromatic nitrogens is 3. The van der Waals surface area contributed by atoms with Gasteiger partial charge in [-0.05, 0) is 96.0 Å². The number of hydrogen-bond donors (Lipinski definition) is 2. The van der Waals surface area contributed by atoms with E-state index in [1.54, 1.807) is 87.6 Å². The maximum Gasteiger partial charge on any atom is 0.412 e. The number of fused-ring (bicyclic) bond motifs is 3. The standard InChI is InChI=1S/C39H39ClN6O5S/c1-21-23(3)52-37-33(21)34(26-16-18-28(40)19-17-26)41-31(35-45-44-24(4)46(35)37)20-32(47)50-22(2)25-12-14-27(15-13-25)36(48)42-29-10-8-9-11-30(29)43-38(49)51-39(5,6)7/h8-19,22,31H,20H2,1-7H3,(H,42,48)(H,43,49)/t22-,31-/m1/s1. The molecule has 13 heteroatoms. The molecule has 0 fully saturated rings. The number of aliphatic imine (C=N–C) groups is 1. The summed E-state index contributed by atoms with van der Waals surface area (Å²) < 4.78 is 13.2. The van der Waals surface area contributed by atoms with E-state index < -0.39 is 29.8 Å². The number of thiophene rings is 1. The van der Waals surface area contributed by atoms with E-state index in [9.17, 15) is 14.4 Å². The topological polar surface area (TPSA) is 137 Å². The highest BCUT2D eigenvalue weighted by atomic mass is 35.5. The van der Waals surface area contributed by atoms with Gasteiger partial charge in [-0.3, -0.25) is 24.5 Å². The number of carbonyl (C=O) groups excluding carboxylic acids is 3. The molecule has 0 aliphatic carbocycles. The Kier molecular flexibility index (Phi) is 10.3. The first kappa shape index (κ1) is 36.5. The number of rotatable bonds is 8. The molecule has 6 rings (SSSR count). The number of para-hydroxylation sites is 2. The molecule has 11 nitrogen and oxygen atoms in total. The second-order valence-electron chi connectivity index (χ2n) is 13.5. The number of hydrogen-bond acceptors (Lipinski definition) is 9. The number of aryl methyl sites for hydroxylation is 2. The molecule has 3 heterocycles. The molecule has 52 heavy (non-hydrogen) atoms. The Hall–Kier alpha value is -5.33. The Morgan fingerprint density at radius 2 is 1.58 bits per heavy atom. The number of carbonyl (C=O) groups is 3. The van der Waals surface area contributed by atoms with E-state index in [-0.39, 0.29) is 12.3 Å². The molecule has 268 valence electrons. The predicted octanol–water partition coefficient (Wildman–Crippen LogP) is 9.09.